The Morgan fingerprint density at radius 1 is 1.13 bits per heavy atom. The SMILES string of the molecule is CCOc1cc([C@H]2C(C(=O)OC)=C(C)NC3=C2C(=O)c2ccccc23)c(Br)cc1OC. The summed E-state index contributed by atoms with van der Waals surface area (Å²) >= 11 is 3.61. The number of allylic oxidation sites excluding steroid dienone is 2. The molecule has 2 aromatic carbocycles. The van der Waals surface area contributed by atoms with Gasteiger partial charge >= 0.3 is 5.97 Å². The Morgan fingerprint density at radius 2 is 1.84 bits per heavy atom. The maximum absolute atomic E-state index is 13.5. The van der Waals surface area contributed by atoms with Gasteiger partial charge in [-0.3, -0.25) is 4.79 Å². The van der Waals surface area contributed by atoms with Gasteiger partial charge in [0.1, 0.15) is 0 Å². The van der Waals surface area contributed by atoms with E-state index in [-0.39, 0.29) is 5.78 Å². The highest BCUT2D eigenvalue weighted by Gasteiger charge is 2.43. The lowest BCUT2D eigenvalue weighted by Gasteiger charge is -2.30. The van der Waals surface area contributed by atoms with Crippen LogP contribution in [0.1, 0.15) is 41.3 Å². The van der Waals surface area contributed by atoms with E-state index in [1.165, 1.54) is 7.11 Å². The summed E-state index contributed by atoms with van der Waals surface area (Å²) in [6, 6.07) is 11.0. The molecule has 0 unspecified atom stereocenters. The van der Waals surface area contributed by atoms with Crippen molar-refractivity contribution in [3.8, 4) is 11.5 Å². The van der Waals surface area contributed by atoms with Gasteiger partial charge in [-0.25, -0.2) is 4.79 Å². The molecule has 1 aliphatic carbocycles. The first-order chi connectivity index (χ1) is 14.9. The molecular weight excluding hydrogens is 462 g/mol. The van der Waals surface area contributed by atoms with Crippen LogP contribution >= 0.6 is 15.9 Å². The topological polar surface area (TPSA) is 73.9 Å². The number of halogens is 1. The van der Waals surface area contributed by atoms with E-state index in [9.17, 15) is 9.59 Å². The van der Waals surface area contributed by atoms with Crippen molar-refractivity contribution < 1.29 is 23.8 Å². The van der Waals surface area contributed by atoms with Crippen LogP contribution in [0.25, 0.3) is 5.70 Å². The summed E-state index contributed by atoms with van der Waals surface area (Å²) in [4.78, 5) is 26.3. The van der Waals surface area contributed by atoms with Crippen LogP contribution in [0.3, 0.4) is 0 Å². The largest absolute Gasteiger partial charge is 0.493 e. The first-order valence-electron chi connectivity index (χ1n) is 9.87. The van der Waals surface area contributed by atoms with E-state index >= 15 is 0 Å². The molecule has 0 amide bonds. The van der Waals surface area contributed by atoms with Gasteiger partial charge in [-0.2, -0.15) is 0 Å². The second-order valence-electron chi connectivity index (χ2n) is 7.21. The first kappa shape index (κ1) is 21.2. The number of fused-ring (bicyclic) bond motifs is 2. The normalized spacial score (nSPS) is 17.2. The minimum Gasteiger partial charge on any atom is -0.493 e. The van der Waals surface area contributed by atoms with Crippen LogP contribution < -0.4 is 14.8 Å². The number of methoxy groups -OCH3 is 2. The van der Waals surface area contributed by atoms with Crippen LogP contribution in [-0.2, 0) is 9.53 Å². The lowest BCUT2D eigenvalue weighted by atomic mass is 9.79. The molecule has 1 aliphatic heterocycles. The molecule has 6 nitrogen and oxygen atoms in total. The van der Waals surface area contributed by atoms with Crippen LogP contribution in [0, 0.1) is 0 Å². The van der Waals surface area contributed by atoms with Crippen molar-refractivity contribution in [2.24, 2.45) is 0 Å². The van der Waals surface area contributed by atoms with Crippen LogP contribution in [0.2, 0.25) is 0 Å². The number of hydrogen-bond donors (Lipinski definition) is 1. The molecule has 0 fully saturated rings. The van der Waals surface area contributed by atoms with Crippen molar-refractivity contribution in [1.82, 2.24) is 5.32 Å². The Balaban J connectivity index is 1.99. The van der Waals surface area contributed by atoms with Gasteiger partial charge in [-0.15, -0.1) is 0 Å². The molecule has 0 bridgehead atoms. The van der Waals surface area contributed by atoms with E-state index in [0.29, 0.717) is 45.0 Å². The zero-order valence-electron chi connectivity index (χ0n) is 17.7. The molecule has 0 saturated heterocycles. The highest BCUT2D eigenvalue weighted by molar-refractivity contribution is 9.10. The van der Waals surface area contributed by atoms with Crippen molar-refractivity contribution in [3.63, 3.8) is 0 Å². The van der Waals surface area contributed by atoms with Crippen LogP contribution in [0.15, 0.2) is 57.7 Å². The minimum absolute atomic E-state index is 0.113. The number of benzene rings is 2. The molecule has 1 N–H and O–H groups in total. The summed E-state index contributed by atoms with van der Waals surface area (Å²) in [5, 5.41) is 3.28. The molecule has 31 heavy (non-hydrogen) atoms. The summed E-state index contributed by atoms with van der Waals surface area (Å²) in [6.07, 6.45) is 0. The molecule has 2 aliphatic rings. The van der Waals surface area contributed by atoms with Crippen molar-refractivity contribution in [2.45, 2.75) is 19.8 Å². The highest BCUT2D eigenvalue weighted by atomic mass is 79.9. The van der Waals surface area contributed by atoms with E-state index in [0.717, 1.165) is 16.8 Å². The molecular formula is C24H22BrNO5. The number of esters is 1. The third kappa shape index (κ3) is 3.33. The predicted molar refractivity (Wildman–Crippen MR) is 120 cm³/mol. The fraction of sp³-hybridized carbons (Fsp3) is 0.250. The number of carbonyl (C=O) groups excluding carboxylic acids is 2. The number of rotatable bonds is 5. The molecule has 1 atom stereocenters. The first-order valence-corrected chi connectivity index (χ1v) is 10.7. The Morgan fingerprint density at radius 3 is 2.48 bits per heavy atom. The van der Waals surface area contributed by atoms with Gasteiger partial charge in [-0.1, -0.05) is 40.2 Å². The number of Topliss-reactive ketones (excluding diaryl/α,β-unsaturated/α-hetero) is 1. The number of hydrogen-bond acceptors (Lipinski definition) is 6. The van der Waals surface area contributed by atoms with Crippen molar-refractivity contribution in [3.05, 3.63) is 74.4 Å². The predicted octanol–water partition coefficient (Wildman–Crippen LogP) is 4.60. The zero-order valence-corrected chi connectivity index (χ0v) is 19.3. The van der Waals surface area contributed by atoms with Gasteiger partial charge in [0.2, 0.25) is 0 Å². The lowest BCUT2D eigenvalue weighted by molar-refractivity contribution is -0.136. The summed E-state index contributed by atoms with van der Waals surface area (Å²) in [6.45, 7) is 4.14. The van der Waals surface area contributed by atoms with Crippen molar-refractivity contribution in [1.29, 1.82) is 0 Å². The third-order valence-electron chi connectivity index (χ3n) is 5.55. The van der Waals surface area contributed by atoms with E-state index in [4.69, 9.17) is 14.2 Å². The fourth-order valence-electron chi connectivity index (χ4n) is 4.22. The highest BCUT2D eigenvalue weighted by Crippen LogP contribution is 2.49. The Kier molecular flexibility index (Phi) is 5.62. The zero-order chi connectivity index (χ0) is 22.3. The van der Waals surface area contributed by atoms with Gasteiger partial charge in [0.15, 0.2) is 17.3 Å². The number of ketones is 1. The van der Waals surface area contributed by atoms with Gasteiger partial charge in [0.25, 0.3) is 0 Å². The minimum atomic E-state index is -0.636. The second kappa shape index (κ2) is 8.23. The third-order valence-corrected chi connectivity index (χ3v) is 6.23. The van der Waals surface area contributed by atoms with E-state index in [1.54, 1.807) is 19.2 Å². The number of nitrogens with one attached hydrogen (secondary N) is 1. The van der Waals surface area contributed by atoms with E-state index in [1.807, 2.05) is 38.1 Å². The smallest absolute Gasteiger partial charge is 0.336 e. The molecule has 0 saturated carbocycles. The molecule has 1 heterocycles. The lowest BCUT2D eigenvalue weighted by Crippen LogP contribution is -2.29. The van der Waals surface area contributed by atoms with Crippen LogP contribution in [0.5, 0.6) is 11.5 Å². The maximum atomic E-state index is 13.5. The molecule has 0 aromatic heterocycles. The van der Waals surface area contributed by atoms with Gasteiger partial charge in [0, 0.05) is 26.9 Å². The van der Waals surface area contributed by atoms with Gasteiger partial charge in [0.05, 0.1) is 38.0 Å². The number of carbonyl (C=O) groups is 2. The number of dihydropyridines is 1. The summed E-state index contributed by atoms with van der Waals surface area (Å²) in [5.41, 5.74) is 4.41. The average molecular weight is 484 g/mol. The maximum Gasteiger partial charge on any atom is 0.336 e. The fourth-order valence-corrected chi connectivity index (χ4v) is 4.77. The second-order valence-corrected chi connectivity index (χ2v) is 8.06. The number of ether oxygens (including phenoxy) is 3. The Bertz CT molecular complexity index is 1160. The molecule has 2 aromatic rings. The standard InChI is InChI=1S/C24H22BrNO5/c1-5-31-18-10-15(16(25)11-17(18)29-3)20-19(24(28)30-4)12(2)26-22-13-8-6-7-9-14(13)23(27)21(20)22/h6-11,20,26H,5H2,1-4H3/t20-/m0/s1. The van der Waals surface area contributed by atoms with E-state index < -0.39 is 11.9 Å². The summed E-state index contributed by atoms with van der Waals surface area (Å²) in [5.74, 6) is -0.151. The van der Waals surface area contributed by atoms with Gasteiger partial charge < -0.3 is 19.5 Å². The van der Waals surface area contributed by atoms with Crippen LogP contribution in [-0.4, -0.2) is 32.6 Å². The Hall–Kier alpha value is -3.06. The molecule has 0 spiro atoms. The molecule has 160 valence electrons. The summed E-state index contributed by atoms with van der Waals surface area (Å²) < 4.78 is 17.0. The molecule has 4 rings (SSSR count). The Labute approximate surface area is 189 Å². The quantitative estimate of drug-likeness (QED) is 0.626. The van der Waals surface area contributed by atoms with Gasteiger partial charge in [-0.05, 0) is 31.5 Å². The van der Waals surface area contributed by atoms with Crippen molar-refractivity contribution >= 4 is 33.4 Å². The van der Waals surface area contributed by atoms with E-state index in [2.05, 4.69) is 21.2 Å². The average Bonchev–Trinajstić information content (AvgIpc) is 3.05. The molecule has 7 heteroatoms. The van der Waals surface area contributed by atoms with Crippen molar-refractivity contribution in [2.75, 3.05) is 20.8 Å². The van der Waals surface area contributed by atoms with Crippen LogP contribution in [0.4, 0.5) is 0 Å². The molecule has 0 radical (unpaired) electrons. The monoisotopic (exact) mass is 483 g/mol. The summed E-state index contributed by atoms with van der Waals surface area (Å²) in [7, 11) is 2.90.